The molecule has 156 valence electrons. The average Bonchev–Trinajstić information content (AvgIpc) is 2.83. The second kappa shape index (κ2) is 9.40. The van der Waals surface area contributed by atoms with E-state index in [0.717, 1.165) is 27.4 Å². The maximum absolute atomic E-state index is 14.6. The minimum absolute atomic E-state index is 0.402. The summed E-state index contributed by atoms with van der Waals surface area (Å²) in [7, 11) is -3.19. The van der Waals surface area contributed by atoms with Crippen molar-refractivity contribution in [3.63, 3.8) is 0 Å². The van der Waals surface area contributed by atoms with Gasteiger partial charge in [0.25, 0.3) is 0 Å². The second-order valence-electron chi connectivity index (χ2n) is 7.58. The molecule has 0 spiro atoms. The fraction of sp³-hybridized carbons (Fsp3) is 0.115. The molecule has 3 N–H and O–H groups in total. The molecule has 1 aromatic heterocycles. The van der Waals surface area contributed by atoms with Crippen molar-refractivity contribution < 1.29 is 4.57 Å². The van der Waals surface area contributed by atoms with Crippen LogP contribution in [-0.4, -0.2) is 4.98 Å². The molecule has 4 aromatic rings. The number of benzene rings is 3. The molecule has 5 heteroatoms. The quantitative estimate of drug-likeness (QED) is 0.421. The van der Waals surface area contributed by atoms with Gasteiger partial charge in [0.05, 0.1) is 17.8 Å². The van der Waals surface area contributed by atoms with E-state index in [0.29, 0.717) is 0 Å². The topological polar surface area (TPSA) is 68.0 Å². The number of hydrogen-bond donors (Lipinski definition) is 2. The third-order valence-corrected chi connectivity index (χ3v) is 8.04. The highest BCUT2D eigenvalue weighted by molar-refractivity contribution is 7.76. The van der Waals surface area contributed by atoms with E-state index in [1.54, 1.807) is 6.20 Å². The van der Waals surface area contributed by atoms with E-state index in [4.69, 9.17) is 5.73 Å². The largest absolute Gasteiger partial charge is 0.321 e. The first kappa shape index (κ1) is 21.2. The SMILES string of the molecule is Cc1cccc(C(NP(=O)(c2ccccc2)c2ccccc2)C(N)c2ccccn2)c1. The van der Waals surface area contributed by atoms with Crippen LogP contribution in [0.2, 0.25) is 0 Å². The lowest BCUT2D eigenvalue weighted by atomic mass is 9.97. The van der Waals surface area contributed by atoms with Crippen molar-refractivity contribution in [2.45, 2.75) is 19.0 Å². The number of rotatable bonds is 7. The van der Waals surface area contributed by atoms with E-state index < -0.39 is 19.4 Å². The molecule has 0 bridgehead atoms. The normalized spacial score (nSPS) is 13.5. The van der Waals surface area contributed by atoms with Crippen molar-refractivity contribution >= 4 is 17.9 Å². The number of nitrogens with zero attached hydrogens (tertiary/aromatic N) is 1. The fourth-order valence-electron chi connectivity index (χ4n) is 3.74. The molecule has 0 radical (unpaired) electrons. The maximum Gasteiger partial charge on any atom is 0.205 e. The van der Waals surface area contributed by atoms with Crippen molar-refractivity contribution in [1.82, 2.24) is 10.1 Å². The molecule has 1 heterocycles. The number of aromatic nitrogens is 1. The van der Waals surface area contributed by atoms with Gasteiger partial charge in [0.2, 0.25) is 7.29 Å². The molecule has 2 unspecified atom stereocenters. The first-order chi connectivity index (χ1) is 15.1. The van der Waals surface area contributed by atoms with E-state index >= 15 is 0 Å². The summed E-state index contributed by atoms with van der Waals surface area (Å²) in [5, 5.41) is 4.98. The van der Waals surface area contributed by atoms with Crippen LogP contribution in [0.25, 0.3) is 0 Å². The summed E-state index contributed by atoms with van der Waals surface area (Å²) >= 11 is 0. The van der Waals surface area contributed by atoms with Crippen molar-refractivity contribution in [2.24, 2.45) is 5.73 Å². The maximum atomic E-state index is 14.6. The third-order valence-electron chi connectivity index (χ3n) is 5.35. The number of nitrogens with two attached hydrogens (primary N) is 1. The molecule has 3 aromatic carbocycles. The fourth-order valence-corrected chi connectivity index (χ4v) is 6.22. The molecule has 4 rings (SSSR count). The van der Waals surface area contributed by atoms with E-state index in [1.807, 2.05) is 104 Å². The number of aryl methyl sites for hydroxylation is 1. The summed E-state index contributed by atoms with van der Waals surface area (Å²) in [5.41, 5.74) is 9.58. The van der Waals surface area contributed by atoms with Crippen LogP contribution in [0.5, 0.6) is 0 Å². The first-order valence-electron chi connectivity index (χ1n) is 10.3. The van der Waals surface area contributed by atoms with Gasteiger partial charge in [-0.25, -0.2) is 0 Å². The molecule has 0 fully saturated rings. The molecule has 0 aliphatic rings. The highest BCUT2D eigenvalue weighted by Gasteiger charge is 2.34. The Hall–Kier alpha value is -3.04. The zero-order valence-corrected chi connectivity index (χ0v) is 18.3. The van der Waals surface area contributed by atoms with Crippen LogP contribution in [0.4, 0.5) is 0 Å². The van der Waals surface area contributed by atoms with Gasteiger partial charge in [-0.3, -0.25) is 14.6 Å². The van der Waals surface area contributed by atoms with Gasteiger partial charge in [-0.05, 0) is 48.9 Å². The van der Waals surface area contributed by atoms with Crippen LogP contribution in [0, 0.1) is 6.92 Å². The minimum Gasteiger partial charge on any atom is -0.321 e. The molecule has 0 aliphatic heterocycles. The lowest BCUT2D eigenvalue weighted by Gasteiger charge is -2.31. The Morgan fingerprint density at radius 3 is 1.97 bits per heavy atom. The molecular formula is C26H26N3OP. The molecule has 0 saturated carbocycles. The van der Waals surface area contributed by atoms with Crippen LogP contribution >= 0.6 is 7.29 Å². The number of hydrogen-bond acceptors (Lipinski definition) is 3. The van der Waals surface area contributed by atoms with Crippen molar-refractivity contribution in [3.05, 3.63) is 126 Å². The molecule has 0 saturated heterocycles. The Balaban J connectivity index is 1.84. The monoisotopic (exact) mass is 427 g/mol. The summed E-state index contributed by atoms with van der Waals surface area (Å²) in [6.07, 6.45) is 1.73. The Kier molecular flexibility index (Phi) is 6.43. The average molecular weight is 427 g/mol. The summed E-state index contributed by atoms with van der Waals surface area (Å²) in [6, 6.07) is 32.1. The Morgan fingerprint density at radius 1 is 0.806 bits per heavy atom. The zero-order chi connectivity index (χ0) is 21.7. The summed E-state index contributed by atoms with van der Waals surface area (Å²) in [4.78, 5) is 4.47. The van der Waals surface area contributed by atoms with Crippen LogP contribution in [0.3, 0.4) is 0 Å². The number of nitrogens with one attached hydrogen (secondary N) is 1. The first-order valence-corrected chi connectivity index (χ1v) is 12.0. The smallest absolute Gasteiger partial charge is 0.205 e. The molecule has 0 aliphatic carbocycles. The van der Waals surface area contributed by atoms with Gasteiger partial charge in [0.15, 0.2) is 0 Å². The standard InChI is InChI=1S/C26H26N3OP/c1-20-11-10-12-21(19-20)26(25(27)24-17-8-9-18-28-24)29-31(30,22-13-4-2-5-14-22)23-15-6-3-7-16-23/h2-19,25-26H,27H2,1H3,(H,29,30). The van der Waals surface area contributed by atoms with Crippen molar-refractivity contribution in [3.8, 4) is 0 Å². The highest BCUT2D eigenvalue weighted by atomic mass is 31.2. The second-order valence-corrected chi connectivity index (χ2v) is 10.1. The Bertz CT molecular complexity index is 1120. The predicted molar refractivity (Wildman–Crippen MR) is 128 cm³/mol. The summed E-state index contributed by atoms with van der Waals surface area (Å²) in [5.74, 6) is 0. The lowest BCUT2D eigenvalue weighted by molar-refractivity contribution is 0.503. The third kappa shape index (κ3) is 4.67. The molecule has 31 heavy (non-hydrogen) atoms. The Labute approximate surface area is 183 Å². The molecule has 2 atom stereocenters. The van der Waals surface area contributed by atoms with Gasteiger partial charge >= 0.3 is 0 Å². The van der Waals surface area contributed by atoms with Crippen LogP contribution < -0.4 is 21.4 Å². The molecule has 0 amide bonds. The van der Waals surface area contributed by atoms with Crippen LogP contribution in [0.1, 0.15) is 28.9 Å². The van der Waals surface area contributed by atoms with Gasteiger partial charge in [-0.15, -0.1) is 0 Å². The number of pyridine rings is 1. The Morgan fingerprint density at radius 2 is 1.42 bits per heavy atom. The van der Waals surface area contributed by atoms with Crippen LogP contribution in [-0.2, 0) is 4.57 Å². The van der Waals surface area contributed by atoms with Gasteiger partial charge in [-0.1, -0.05) is 72.3 Å². The van der Waals surface area contributed by atoms with Gasteiger partial charge in [0, 0.05) is 16.8 Å². The van der Waals surface area contributed by atoms with E-state index in [9.17, 15) is 4.57 Å². The van der Waals surface area contributed by atoms with Crippen molar-refractivity contribution in [1.29, 1.82) is 0 Å². The zero-order valence-electron chi connectivity index (χ0n) is 17.4. The van der Waals surface area contributed by atoms with Gasteiger partial charge in [-0.2, -0.15) is 0 Å². The summed E-state index contributed by atoms with van der Waals surface area (Å²) < 4.78 is 14.6. The predicted octanol–water partition coefficient (Wildman–Crippen LogP) is 4.65. The van der Waals surface area contributed by atoms with E-state index in [1.165, 1.54) is 0 Å². The molecular weight excluding hydrogens is 401 g/mol. The summed E-state index contributed by atoms with van der Waals surface area (Å²) in [6.45, 7) is 2.04. The highest BCUT2D eigenvalue weighted by Crippen LogP contribution is 2.44. The van der Waals surface area contributed by atoms with E-state index in [-0.39, 0.29) is 0 Å². The van der Waals surface area contributed by atoms with Gasteiger partial charge in [0.1, 0.15) is 0 Å². The molecule has 4 nitrogen and oxygen atoms in total. The van der Waals surface area contributed by atoms with Crippen molar-refractivity contribution in [2.75, 3.05) is 0 Å². The van der Waals surface area contributed by atoms with Gasteiger partial charge < -0.3 is 5.73 Å². The van der Waals surface area contributed by atoms with E-state index in [2.05, 4.69) is 16.1 Å². The van der Waals surface area contributed by atoms with Crippen LogP contribution in [0.15, 0.2) is 109 Å². The lowest BCUT2D eigenvalue weighted by Crippen LogP contribution is -2.36. The minimum atomic E-state index is -3.19.